The fraction of sp³-hybridized carbons (Fsp3) is 0.462. The van der Waals surface area contributed by atoms with E-state index < -0.39 is 0 Å². The molecule has 1 saturated carbocycles. The third-order valence-electron chi connectivity index (χ3n) is 6.47. The summed E-state index contributed by atoms with van der Waals surface area (Å²) in [6, 6.07) is 14.9. The van der Waals surface area contributed by atoms with Crippen molar-refractivity contribution in [2.75, 3.05) is 18.5 Å². The summed E-state index contributed by atoms with van der Waals surface area (Å²) in [7, 11) is 0. The van der Waals surface area contributed by atoms with E-state index in [2.05, 4.69) is 10.2 Å². The molecular weight excluding hydrogens is 388 g/mol. The van der Waals surface area contributed by atoms with Crippen LogP contribution in [0, 0.1) is 5.92 Å². The second-order valence-electron chi connectivity index (χ2n) is 8.63. The number of likely N-dealkylation sites (tertiary alicyclic amines) is 1. The van der Waals surface area contributed by atoms with Crippen molar-refractivity contribution >= 4 is 17.5 Å². The number of hydrogen-bond acceptors (Lipinski definition) is 3. The fourth-order valence-corrected chi connectivity index (χ4v) is 4.93. The van der Waals surface area contributed by atoms with Gasteiger partial charge in [0.15, 0.2) is 0 Å². The molecule has 1 unspecified atom stereocenters. The van der Waals surface area contributed by atoms with Gasteiger partial charge in [0.2, 0.25) is 0 Å². The first-order valence-electron chi connectivity index (χ1n) is 11.6. The van der Waals surface area contributed by atoms with Gasteiger partial charge in [-0.15, -0.1) is 0 Å². The van der Waals surface area contributed by atoms with Crippen LogP contribution in [0.15, 0.2) is 48.5 Å². The quantitative estimate of drug-likeness (QED) is 0.669. The molecule has 1 aliphatic carbocycles. The number of anilines is 1. The number of fused-ring (bicyclic) bond motifs is 1. The molecule has 1 saturated heterocycles. The van der Waals surface area contributed by atoms with E-state index in [4.69, 9.17) is 4.74 Å². The van der Waals surface area contributed by atoms with Crippen LogP contribution in [0.4, 0.5) is 5.69 Å². The van der Waals surface area contributed by atoms with Gasteiger partial charge < -0.3 is 15.0 Å². The normalized spacial score (nSPS) is 20.6. The second-order valence-corrected chi connectivity index (χ2v) is 8.63. The molecule has 2 fully saturated rings. The summed E-state index contributed by atoms with van der Waals surface area (Å²) in [4.78, 5) is 28.2. The summed E-state index contributed by atoms with van der Waals surface area (Å²) in [5, 5.41) is 2.92. The molecule has 0 spiro atoms. The molecule has 1 N–H and O–H groups in total. The molecule has 2 atom stereocenters. The van der Waals surface area contributed by atoms with E-state index in [-0.39, 0.29) is 11.8 Å². The molecule has 0 aromatic heterocycles. The van der Waals surface area contributed by atoms with Crippen LogP contribution in [0.5, 0.6) is 5.75 Å². The van der Waals surface area contributed by atoms with Gasteiger partial charge in [0.05, 0.1) is 12.2 Å². The molecule has 31 heavy (non-hydrogen) atoms. The van der Waals surface area contributed by atoms with Crippen molar-refractivity contribution in [2.45, 2.75) is 57.9 Å². The number of ether oxygens (including phenoxy) is 1. The van der Waals surface area contributed by atoms with Crippen molar-refractivity contribution < 1.29 is 14.3 Å². The van der Waals surface area contributed by atoms with E-state index in [1.54, 1.807) is 30.3 Å². The molecule has 4 rings (SSSR count). The van der Waals surface area contributed by atoms with E-state index in [1.807, 2.05) is 25.1 Å². The average Bonchev–Trinajstić information content (AvgIpc) is 2.82. The highest BCUT2D eigenvalue weighted by molar-refractivity contribution is 6.05. The first kappa shape index (κ1) is 21.4. The minimum atomic E-state index is -0.179. The molecule has 2 aliphatic rings. The van der Waals surface area contributed by atoms with Crippen molar-refractivity contribution in [3.05, 3.63) is 59.7 Å². The SMILES string of the molecule is CCCOc1cc(NC(=O)c2ccccc2)ccc1C(=O)N1CCC[C@@H]2CCCCC21. The minimum absolute atomic E-state index is 0.0589. The van der Waals surface area contributed by atoms with Crippen molar-refractivity contribution in [1.82, 2.24) is 4.90 Å². The van der Waals surface area contributed by atoms with Crippen LogP contribution < -0.4 is 10.1 Å². The number of nitrogens with one attached hydrogen (secondary N) is 1. The lowest BCUT2D eigenvalue weighted by Crippen LogP contribution is -2.49. The number of benzene rings is 2. The Balaban J connectivity index is 1.56. The Morgan fingerprint density at radius 2 is 1.81 bits per heavy atom. The summed E-state index contributed by atoms with van der Waals surface area (Å²) in [6.07, 6.45) is 7.98. The maximum absolute atomic E-state index is 13.6. The number of nitrogens with zero attached hydrogens (tertiary/aromatic N) is 1. The highest BCUT2D eigenvalue weighted by Crippen LogP contribution is 2.37. The van der Waals surface area contributed by atoms with E-state index >= 15 is 0 Å². The zero-order chi connectivity index (χ0) is 21.6. The van der Waals surface area contributed by atoms with E-state index in [0.717, 1.165) is 25.8 Å². The number of carbonyl (C=O) groups excluding carboxylic acids is 2. The Morgan fingerprint density at radius 3 is 2.61 bits per heavy atom. The van der Waals surface area contributed by atoms with Crippen molar-refractivity contribution in [3.63, 3.8) is 0 Å². The van der Waals surface area contributed by atoms with Crippen LogP contribution in [0.3, 0.4) is 0 Å². The smallest absolute Gasteiger partial charge is 0.257 e. The van der Waals surface area contributed by atoms with Crippen LogP contribution in [0.25, 0.3) is 0 Å². The van der Waals surface area contributed by atoms with Gasteiger partial charge in [-0.2, -0.15) is 0 Å². The van der Waals surface area contributed by atoms with Gasteiger partial charge in [-0.3, -0.25) is 9.59 Å². The maximum atomic E-state index is 13.6. The van der Waals surface area contributed by atoms with E-state index in [9.17, 15) is 9.59 Å². The lowest BCUT2D eigenvalue weighted by molar-refractivity contribution is 0.0387. The summed E-state index contributed by atoms with van der Waals surface area (Å²) in [5.74, 6) is 1.07. The molecule has 1 aliphatic heterocycles. The topological polar surface area (TPSA) is 58.6 Å². The number of carbonyl (C=O) groups is 2. The monoisotopic (exact) mass is 420 g/mol. The van der Waals surface area contributed by atoms with Crippen LogP contribution in [0.1, 0.15) is 72.6 Å². The van der Waals surface area contributed by atoms with Crippen LogP contribution >= 0.6 is 0 Å². The minimum Gasteiger partial charge on any atom is -0.493 e. The van der Waals surface area contributed by atoms with Gasteiger partial charge in [0, 0.05) is 29.9 Å². The fourth-order valence-electron chi connectivity index (χ4n) is 4.93. The molecule has 5 heteroatoms. The van der Waals surface area contributed by atoms with E-state index in [1.165, 1.54) is 25.7 Å². The van der Waals surface area contributed by atoms with Crippen molar-refractivity contribution in [3.8, 4) is 5.75 Å². The number of rotatable bonds is 6. The molecule has 164 valence electrons. The Labute approximate surface area is 184 Å². The summed E-state index contributed by atoms with van der Waals surface area (Å²) >= 11 is 0. The van der Waals surface area contributed by atoms with Crippen LogP contribution in [0.2, 0.25) is 0 Å². The Hall–Kier alpha value is -2.82. The Bertz CT molecular complexity index is 910. The zero-order valence-corrected chi connectivity index (χ0v) is 18.3. The second kappa shape index (κ2) is 9.99. The first-order chi connectivity index (χ1) is 15.2. The first-order valence-corrected chi connectivity index (χ1v) is 11.6. The van der Waals surface area contributed by atoms with E-state index in [0.29, 0.717) is 41.1 Å². The number of piperidine rings is 1. The summed E-state index contributed by atoms with van der Waals surface area (Å²) in [5.41, 5.74) is 1.82. The third-order valence-corrected chi connectivity index (χ3v) is 6.47. The van der Waals surface area contributed by atoms with Crippen LogP contribution in [-0.4, -0.2) is 35.9 Å². The molecule has 5 nitrogen and oxygen atoms in total. The molecule has 2 aromatic rings. The van der Waals surface area contributed by atoms with Crippen molar-refractivity contribution in [1.29, 1.82) is 0 Å². The number of amides is 2. The average molecular weight is 421 g/mol. The Kier molecular flexibility index (Phi) is 6.90. The summed E-state index contributed by atoms with van der Waals surface area (Å²) in [6.45, 7) is 3.39. The van der Waals surface area contributed by atoms with Crippen molar-refractivity contribution in [2.24, 2.45) is 5.92 Å². The molecule has 2 amide bonds. The highest BCUT2D eigenvalue weighted by Gasteiger charge is 2.36. The summed E-state index contributed by atoms with van der Waals surface area (Å²) < 4.78 is 5.96. The standard InChI is InChI=1S/C26H32N2O3/c1-2-17-31-24-18-21(27-25(29)20-10-4-3-5-11-20)14-15-22(24)26(30)28-16-8-12-19-9-6-7-13-23(19)28/h3-5,10-11,14-15,18-19,23H,2,6-9,12-13,16-17H2,1H3,(H,27,29)/t19-,23?/m0/s1. The lowest BCUT2D eigenvalue weighted by Gasteiger charge is -2.44. The largest absolute Gasteiger partial charge is 0.493 e. The Morgan fingerprint density at radius 1 is 1.03 bits per heavy atom. The lowest BCUT2D eigenvalue weighted by atomic mass is 9.78. The van der Waals surface area contributed by atoms with Gasteiger partial charge in [0.1, 0.15) is 5.75 Å². The van der Waals surface area contributed by atoms with Gasteiger partial charge in [0.25, 0.3) is 11.8 Å². The predicted octanol–water partition coefficient (Wildman–Crippen LogP) is 5.52. The molecular formula is C26H32N2O3. The highest BCUT2D eigenvalue weighted by atomic mass is 16.5. The predicted molar refractivity (Wildman–Crippen MR) is 123 cm³/mol. The molecule has 1 heterocycles. The molecule has 0 bridgehead atoms. The van der Waals surface area contributed by atoms with Gasteiger partial charge in [-0.1, -0.05) is 38.0 Å². The molecule has 2 aromatic carbocycles. The van der Waals surface area contributed by atoms with Gasteiger partial charge in [-0.05, 0) is 62.3 Å². The van der Waals surface area contributed by atoms with Gasteiger partial charge >= 0.3 is 0 Å². The number of hydrogen-bond donors (Lipinski definition) is 1. The zero-order valence-electron chi connectivity index (χ0n) is 18.3. The maximum Gasteiger partial charge on any atom is 0.257 e. The van der Waals surface area contributed by atoms with Gasteiger partial charge in [-0.25, -0.2) is 0 Å². The molecule has 0 radical (unpaired) electrons. The van der Waals surface area contributed by atoms with Crippen LogP contribution in [-0.2, 0) is 0 Å². The third kappa shape index (κ3) is 4.92.